The summed E-state index contributed by atoms with van der Waals surface area (Å²) in [7, 11) is 0. The summed E-state index contributed by atoms with van der Waals surface area (Å²) in [6, 6.07) is 0. The van der Waals surface area contributed by atoms with Gasteiger partial charge < -0.3 is 14.6 Å². The molecule has 0 amide bonds. The van der Waals surface area contributed by atoms with Crippen LogP contribution in [-0.2, 0) is 19.1 Å². The first-order valence-electron chi connectivity index (χ1n) is 10.7. The minimum Gasteiger partial charge on any atom is -0.450 e. The van der Waals surface area contributed by atoms with Crippen molar-refractivity contribution in [3.8, 4) is 0 Å². The zero-order valence-electron chi connectivity index (χ0n) is 17.8. The van der Waals surface area contributed by atoms with E-state index >= 15 is 0 Å². The molecule has 5 rings (SSSR count). The molecule has 4 fully saturated rings. The first-order valence-corrected chi connectivity index (χ1v) is 10.7. The van der Waals surface area contributed by atoms with E-state index in [1.807, 2.05) is 6.92 Å². The summed E-state index contributed by atoms with van der Waals surface area (Å²) in [6.07, 6.45) is 2.15. The predicted molar refractivity (Wildman–Crippen MR) is 102 cm³/mol. The molecule has 3 saturated carbocycles. The van der Waals surface area contributed by atoms with E-state index in [1.54, 1.807) is 0 Å². The number of ketones is 1. The fraction of sp³-hybridized carbons (Fsp3) is 0.826. The highest BCUT2D eigenvalue weighted by Crippen LogP contribution is 2.87. The molecule has 1 N–H and O–H groups in total. The summed E-state index contributed by atoms with van der Waals surface area (Å²) in [4.78, 5) is 26.1. The third-order valence-corrected chi connectivity index (χ3v) is 10.3. The van der Waals surface area contributed by atoms with Crippen LogP contribution in [0.1, 0.15) is 67.2 Å². The smallest absolute Gasteiger partial charge is 0.303 e. The summed E-state index contributed by atoms with van der Waals surface area (Å²) in [5.74, 6) is -0.314. The molecule has 8 atom stereocenters. The zero-order valence-corrected chi connectivity index (χ0v) is 17.8. The molecule has 5 nitrogen and oxygen atoms in total. The van der Waals surface area contributed by atoms with Crippen LogP contribution in [0.15, 0.2) is 11.1 Å². The molecule has 154 valence electrons. The molecule has 4 aliphatic carbocycles. The van der Waals surface area contributed by atoms with Gasteiger partial charge in [0.2, 0.25) is 0 Å². The highest BCUT2D eigenvalue weighted by Gasteiger charge is 2.90. The Morgan fingerprint density at radius 2 is 1.96 bits per heavy atom. The van der Waals surface area contributed by atoms with Gasteiger partial charge >= 0.3 is 5.97 Å². The Hall–Kier alpha value is -1.20. The molecule has 5 heteroatoms. The Labute approximate surface area is 166 Å². The Morgan fingerprint density at radius 1 is 1.29 bits per heavy atom. The van der Waals surface area contributed by atoms with Crippen molar-refractivity contribution in [1.82, 2.24) is 0 Å². The van der Waals surface area contributed by atoms with E-state index in [-0.39, 0.29) is 28.6 Å². The molecule has 0 aromatic heterocycles. The number of esters is 1. The molecule has 0 aromatic carbocycles. The van der Waals surface area contributed by atoms with E-state index < -0.39 is 28.5 Å². The van der Waals surface area contributed by atoms with E-state index in [1.165, 1.54) is 6.92 Å². The van der Waals surface area contributed by atoms with Crippen molar-refractivity contribution in [2.24, 2.45) is 27.6 Å². The zero-order chi connectivity index (χ0) is 20.5. The number of ether oxygens (including phenoxy) is 2. The monoisotopic (exact) mass is 388 g/mol. The summed E-state index contributed by atoms with van der Waals surface area (Å²) in [6.45, 7) is 12.7. The Bertz CT molecular complexity index is 846. The van der Waals surface area contributed by atoms with Gasteiger partial charge in [-0.25, -0.2) is 0 Å². The fourth-order valence-electron chi connectivity index (χ4n) is 8.70. The van der Waals surface area contributed by atoms with Crippen molar-refractivity contribution < 1.29 is 24.2 Å². The summed E-state index contributed by atoms with van der Waals surface area (Å²) in [5.41, 5.74) is -0.664. The number of aliphatic hydroxyl groups is 1. The molecule has 0 aromatic rings. The molecule has 1 aliphatic heterocycles. The molecule has 1 spiro atoms. The van der Waals surface area contributed by atoms with Crippen LogP contribution in [0.5, 0.6) is 0 Å². The fourth-order valence-corrected chi connectivity index (χ4v) is 8.70. The molecular formula is C23H32O5. The van der Waals surface area contributed by atoms with Crippen molar-refractivity contribution in [3.05, 3.63) is 11.1 Å². The first kappa shape index (κ1) is 18.8. The largest absolute Gasteiger partial charge is 0.450 e. The highest BCUT2D eigenvalue weighted by molar-refractivity contribution is 5.97. The van der Waals surface area contributed by atoms with E-state index in [2.05, 4.69) is 27.7 Å². The van der Waals surface area contributed by atoms with Crippen LogP contribution < -0.4 is 0 Å². The molecule has 5 aliphatic rings. The molecule has 0 bridgehead atoms. The molecule has 1 saturated heterocycles. The standard InChI is InChI=1S/C23H32O5/c1-12-7-8-22(26)10-23-19(4)11-27-15(19)9-13(2)20(23,5)18(25)17(28-14(3)24)16(12)21(22,23)6/h13,15,17,26H,7-11H2,1-6H3/t13?,15-,17-,19-,20+,21+,22-,23?/m1/s1. The number of allylic oxidation sites excluding steroid dienone is 1. The SMILES string of the molecule is CC(=O)O[C@H]1C(=O)[C@]2(C)C(C)C[C@H]3OC[C@@]3(C)C23C[C@]2(O)CCC(C)=C1[C@]32C. The maximum Gasteiger partial charge on any atom is 0.303 e. The maximum atomic E-state index is 14.1. The van der Waals surface area contributed by atoms with Crippen molar-refractivity contribution in [1.29, 1.82) is 0 Å². The van der Waals surface area contributed by atoms with E-state index in [0.29, 0.717) is 19.4 Å². The van der Waals surface area contributed by atoms with Crippen LogP contribution in [0.25, 0.3) is 0 Å². The lowest BCUT2D eigenvalue weighted by Gasteiger charge is -2.86. The van der Waals surface area contributed by atoms with E-state index in [0.717, 1.165) is 24.0 Å². The van der Waals surface area contributed by atoms with Crippen LogP contribution in [0, 0.1) is 27.6 Å². The topological polar surface area (TPSA) is 72.8 Å². The van der Waals surface area contributed by atoms with Gasteiger partial charge in [0.25, 0.3) is 0 Å². The van der Waals surface area contributed by atoms with E-state index in [4.69, 9.17) is 9.47 Å². The average Bonchev–Trinajstić information content (AvgIpc) is 2.61. The predicted octanol–water partition coefficient (Wildman–Crippen LogP) is 3.19. The summed E-state index contributed by atoms with van der Waals surface area (Å²) in [5, 5.41) is 11.8. The van der Waals surface area contributed by atoms with Crippen LogP contribution in [-0.4, -0.2) is 41.3 Å². The van der Waals surface area contributed by atoms with Gasteiger partial charge in [0.1, 0.15) is 0 Å². The van der Waals surface area contributed by atoms with Gasteiger partial charge in [0.15, 0.2) is 11.9 Å². The van der Waals surface area contributed by atoms with Gasteiger partial charge in [-0.2, -0.15) is 0 Å². The maximum absolute atomic E-state index is 14.1. The van der Waals surface area contributed by atoms with Gasteiger partial charge in [-0.3, -0.25) is 9.59 Å². The normalized spacial score (nSPS) is 56.7. The third-order valence-electron chi connectivity index (χ3n) is 10.3. The van der Waals surface area contributed by atoms with Crippen molar-refractivity contribution in [2.75, 3.05) is 6.61 Å². The van der Waals surface area contributed by atoms with Crippen LogP contribution in [0.4, 0.5) is 0 Å². The summed E-state index contributed by atoms with van der Waals surface area (Å²) < 4.78 is 11.7. The number of hydrogen-bond donors (Lipinski definition) is 1. The second-order valence-corrected chi connectivity index (χ2v) is 10.8. The number of Topliss-reactive ketones (excluding diaryl/α,β-unsaturated/α-hetero) is 1. The highest BCUT2D eigenvalue weighted by atomic mass is 16.5. The second-order valence-electron chi connectivity index (χ2n) is 10.8. The van der Waals surface area contributed by atoms with Crippen molar-refractivity contribution >= 4 is 11.8 Å². The van der Waals surface area contributed by atoms with Crippen molar-refractivity contribution in [3.63, 3.8) is 0 Å². The molecule has 1 heterocycles. The van der Waals surface area contributed by atoms with Gasteiger partial charge in [-0.05, 0) is 44.1 Å². The number of carbonyl (C=O) groups excluding carboxylic acids is 2. The minimum absolute atomic E-state index is 0.0255. The number of carbonyl (C=O) groups is 2. The summed E-state index contributed by atoms with van der Waals surface area (Å²) >= 11 is 0. The van der Waals surface area contributed by atoms with Gasteiger partial charge in [-0.15, -0.1) is 0 Å². The van der Waals surface area contributed by atoms with Gasteiger partial charge in [-0.1, -0.05) is 33.3 Å². The Balaban J connectivity index is 1.83. The Kier molecular flexibility index (Phi) is 3.30. The van der Waals surface area contributed by atoms with Crippen LogP contribution in [0.3, 0.4) is 0 Å². The molecular weight excluding hydrogens is 356 g/mol. The third kappa shape index (κ3) is 1.50. The minimum atomic E-state index is -0.878. The molecule has 0 radical (unpaired) electrons. The van der Waals surface area contributed by atoms with Crippen LogP contribution in [0.2, 0.25) is 0 Å². The molecule has 2 unspecified atom stereocenters. The first-order chi connectivity index (χ1) is 12.9. The second kappa shape index (κ2) is 4.92. The van der Waals surface area contributed by atoms with Crippen LogP contribution >= 0.6 is 0 Å². The van der Waals surface area contributed by atoms with Gasteiger partial charge in [0, 0.05) is 28.6 Å². The number of fused-ring (bicyclic) bond motifs is 1. The lowest BCUT2D eigenvalue weighted by Crippen LogP contribution is -2.89. The quantitative estimate of drug-likeness (QED) is 0.552. The number of rotatable bonds is 1. The lowest BCUT2D eigenvalue weighted by molar-refractivity contribution is -0.414. The average molecular weight is 389 g/mol. The number of hydrogen-bond acceptors (Lipinski definition) is 5. The van der Waals surface area contributed by atoms with Gasteiger partial charge in [0.05, 0.1) is 18.3 Å². The van der Waals surface area contributed by atoms with E-state index in [9.17, 15) is 14.7 Å². The Morgan fingerprint density at radius 3 is 2.54 bits per heavy atom. The molecule has 28 heavy (non-hydrogen) atoms. The van der Waals surface area contributed by atoms with Crippen molar-refractivity contribution in [2.45, 2.75) is 85.0 Å². The lowest BCUT2D eigenvalue weighted by atomic mass is 9.19.